The van der Waals surface area contributed by atoms with E-state index >= 15 is 0 Å². The van der Waals surface area contributed by atoms with Crippen molar-refractivity contribution in [1.29, 1.82) is 0 Å². The van der Waals surface area contributed by atoms with E-state index in [1.807, 2.05) is 24.3 Å². The van der Waals surface area contributed by atoms with Crippen LogP contribution in [-0.4, -0.2) is 27.7 Å². The summed E-state index contributed by atoms with van der Waals surface area (Å²) >= 11 is 5.97. The third-order valence-electron chi connectivity index (χ3n) is 5.58. The lowest BCUT2D eigenvalue weighted by Gasteiger charge is -2.40. The molecule has 4 rings (SSSR count). The summed E-state index contributed by atoms with van der Waals surface area (Å²) in [5.74, 6) is 1.32. The number of hydrogen-bond acceptors (Lipinski definition) is 4. The lowest BCUT2D eigenvalue weighted by atomic mass is 10.0. The predicted molar refractivity (Wildman–Crippen MR) is 110 cm³/mol. The number of rotatable bonds is 6. The molecule has 3 aromatic rings. The van der Waals surface area contributed by atoms with Gasteiger partial charge in [-0.2, -0.15) is 4.98 Å². The van der Waals surface area contributed by atoms with E-state index in [-0.39, 0.29) is 0 Å². The second-order valence-electron chi connectivity index (χ2n) is 7.70. The van der Waals surface area contributed by atoms with Crippen LogP contribution < -0.4 is 5.73 Å². The van der Waals surface area contributed by atoms with Crippen molar-refractivity contribution >= 4 is 11.6 Å². The molecule has 1 aromatic heterocycles. The molecule has 28 heavy (non-hydrogen) atoms. The molecule has 0 spiro atoms. The van der Waals surface area contributed by atoms with Crippen molar-refractivity contribution in [2.75, 3.05) is 13.1 Å². The topological polar surface area (TPSA) is 64.9 Å². The maximum Gasteiger partial charge on any atom is 0.282 e. The SMILES string of the molecule is NCc1ccc(C[N+]2(Cc3nc(-c4ccc(Cl)cc4)no3)CCCCC2)cc1. The quantitative estimate of drug-likeness (QED) is 0.619. The first-order valence-corrected chi connectivity index (χ1v) is 10.3. The minimum atomic E-state index is 0.579. The Kier molecular flexibility index (Phi) is 5.76. The molecular weight excluding hydrogens is 372 g/mol. The number of piperidine rings is 1. The molecule has 6 heteroatoms. The number of benzene rings is 2. The molecule has 0 saturated carbocycles. The van der Waals surface area contributed by atoms with Gasteiger partial charge in [0, 0.05) is 22.7 Å². The van der Waals surface area contributed by atoms with Gasteiger partial charge >= 0.3 is 0 Å². The molecule has 1 fully saturated rings. The first kappa shape index (κ1) is 19.1. The second kappa shape index (κ2) is 8.43. The van der Waals surface area contributed by atoms with E-state index in [2.05, 4.69) is 34.4 Å². The minimum absolute atomic E-state index is 0.579. The van der Waals surface area contributed by atoms with E-state index < -0.39 is 0 Å². The van der Waals surface area contributed by atoms with E-state index in [0.29, 0.717) is 23.3 Å². The number of quaternary nitrogens is 1. The van der Waals surface area contributed by atoms with Gasteiger partial charge in [-0.05, 0) is 49.1 Å². The van der Waals surface area contributed by atoms with Crippen molar-refractivity contribution in [2.45, 2.75) is 38.9 Å². The molecule has 2 N–H and O–H groups in total. The van der Waals surface area contributed by atoms with E-state index in [1.165, 1.54) is 30.4 Å². The average Bonchev–Trinajstić information content (AvgIpc) is 3.18. The Morgan fingerprint density at radius 1 is 0.893 bits per heavy atom. The Hall–Kier alpha value is -2.21. The standard InChI is InChI=1S/C22H26ClN4O/c23-20-10-8-19(9-11-20)22-25-21(28-26-22)16-27(12-2-1-3-13-27)15-18-6-4-17(14-24)5-7-18/h4-11H,1-3,12-16,24H2/q+1. The first-order chi connectivity index (χ1) is 13.7. The van der Waals surface area contributed by atoms with Crippen molar-refractivity contribution in [3.63, 3.8) is 0 Å². The predicted octanol–water partition coefficient (Wildman–Crippen LogP) is 4.55. The third-order valence-corrected chi connectivity index (χ3v) is 5.83. The summed E-state index contributed by atoms with van der Waals surface area (Å²) in [5, 5.41) is 4.89. The van der Waals surface area contributed by atoms with Crippen LogP contribution in [0.1, 0.15) is 36.3 Å². The van der Waals surface area contributed by atoms with Gasteiger partial charge in [0.2, 0.25) is 5.82 Å². The fraction of sp³-hybridized carbons (Fsp3) is 0.364. The van der Waals surface area contributed by atoms with Crippen LogP contribution in [0.15, 0.2) is 53.1 Å². The lowest BCUT2D eigenvalue weighted by Crippen LogP contribution is -2.50. The third kappa shape index (κ3) is 4.43. The number of halogens is 1. The highest BCUT2D eigenvalue weighted by Gasteiger charge is 2.33. The lowest BCUT2D eigenvalue weighted by molar-refractivity contribution is -0.958. The Morgan fingerprint density at radius 3 is 2.25 bits per heavy atom. The van der Waals surface area contributed by atoms with Gasteiger partial charge in [-0.25, -0.2) is 0 Å². The molecule has 0 atom stereocenters. The van der Waals surface area contributed by atoms with Gasteiger partial charge in [-0.3, -0.25) is 0 Å². The van der Waals surface area contributed by atoms with Gasteiger partial charge in [0.05, 0.1) is 13.1 Å². The molecule has 2 aromatic carbocycles. The summed E-state index contributed by atoms with van der Waals surface area (Å²) in [6.07, 6.45) is 3.77. The van der Waals surface area contributed by atoms with Crippen molar-refractivity contribution < 1.29 is 9.01 Å². The Bertz CT molecular complexity index is 899. The van der Waals surface area contributed by atoms with Crippen LogP contribution >= 0.6 is 11.6 Å². The summed E-state index contributed by atoms with van der Waals surface area (Å²) in [6, 6.07) is 16.2. The van der Waals surface area contributed by atoms with Gasteiger partial charge in [0.1, 0.15) is 6.54 Å². The van der Waals surface area contributed by atoms with Crippen LogP contribution in [0.4, 0.5) is 0 Å². The van der Waals surface area contributed by atoms with Crippen molar-refractivity contribution in [3.05, 3.63) is 70.6 Å². The molecule has 0 bridgehead atoms. The van der Waals surface area contributed by atoms with Gasteiger partial charge in [-0.1, -0.05) is 41.0 Å². The second-order valence-corrected chi connectivity index (χ2v) is 8.14. The van der Waals surface area contributed by atoms with Gasteiger partial charge < -0.3 is 14.7 Å². The largest absolute Gasteiger partial charge is 0.333 e. The first-order valence-electron chi connectivity index (χ1n) is 9.87. The van der Waals surface area contributed by atoms with Gasteiger partial charge in [0.15, 0.2) is 6.54 Å². The van der Waals surface area contributed by atoms with Crippen LogP contribution in [0.5, 0.6) is 0 Å². The monoisotopic (exact) mass is 397 g/mol. The fourth-order valence-corrected chi connectivity index (χ4v) is 4.17. The normalized spacial score (nSPS) is 16.2. The van der Waals surface area contributed by atoms with Crippen LogP contribution in [-0.2, 0) is 19.6 Å². The number of nitrogens with two attached hydrogens (primary N) is 1. The number of likely N-dealkylation sites (tertiary alicyclic amines) is 1. The maximum atomic E-state index is 5.97. The van der Waals surface area contributed by atoms with Crippen LogP contribution in [0.2, 0.25) is 5.02 Å². The molecular formula is C22H26ClN4O+. The van der Waals surface area contributed by atoms with Crippen molar-refractivity contribution in [2.24, 2.45) is 5.73 Å². The summed E-state index contributed by atoms with van der Waals surface area (Å²) in [4.78, 5) is 4.67. The molecule has 0 aliphatic carbocycles. The van der Waals surface area contributed by atoms with Crippen LogP contribution in [0, 0.1) is 0 Å². The highest BCUT2D eigenvalue weighted by Crippen LogP contribution is 2.27. The molecule has 2 heterocycles. The highest BCUT2D eigenvalue weighted by molar-refractivity contribution is 6.30. The smallest absolute Gasteiger partial charge is 0.282 e. The Morgan fingerprint density at radius 2 is 1.57 bits per heavy atom. The summed E-state index contributed by atoms with van der Waals surface area (Å²) in [6.45, 7) is 4.59. The van der Waals surface area contributed by atoms with Crippen LogP contribution in [0.3, 0.4) is 0 Å². The van der Waals surface area contributed by atoms with Crippen molar-refractivity contribution in [3.8, 4) is 11.4 Å². The van der Waals surface area contributed by atoms with E-state index in [9.17, 15) is 0 Å². The molecule has 0 amide bonds. The number of nitrogens with zero attached hydrogens (tertiary/aromatic N) is 3. The van der Waals surface area contributed by atoms with Gasteiger partial charge in [0.25, 0.3) is 5.89 Å². The molecule has 1 aliphatic rings. The van der Waals surface area contributed by atoms with Crippen molar-refractivity contribution in [1.82, 2.24) is 10.1 Å². The Labute approximate surface area is 170 Å². The summed E-state index contributed by atoms with van der Waals surface area (Å²) in [5.41, 5.74) is 9.15. The zero-order valence-corrected chi connectivity index (χ0v) is 16.7. The molecule has 1 saturated heterocycles. The number of aromatic nitrogens is 2. The fourth-order valence-electron chi connectivity index (χ4n) is 4.05. The molecule has 1 aliphatic heterocycles. The molecule has 146 valence electrons. The molecule has 5 nitrogen and oxygen atoms in total. The minimum Gasteiger partial charge on any atom is -0.333 e. The average molecular weight is 398 g/mol. The summed E-state index contributed by atoms with van der Waals surface area (Å²) in [7, 11) is 0. The zero-order chi connectivity index (χ0) is 19.4. The highest BCUT2D eigenvalue weighted by atomic mass is 35.5. The van der Waals surface area contributed by atoms with E-state index in [1.54, 1.807) is 0 Å². The molecule has 0 unspecified atom stereocenters. The van der Waals surface area contributed by atoms with Gasteiger partial charge in [-0.15, -0.1) is 0 Å². The Balaban J connectivity index is 1.53. The van der Waals surface area contributed by atoms with Crippen LogP contribution in [0.25, 0.3) is 11.4 Å². The van der Waals surface area contributed by atoms with E-state index in [4.69, 9.17) is 21.9 Å². The maximum absolute atomic E-state index is 5.97. The van der Waals surface area contributed by atoms with E-state index in [0.717, 1.165) is 36.2 Å². The molecule has 0 radical (unpaired) electrons. The summed E-state index contributed by atoms with van der Waals surface area (Å²) < 4.78 is 6.59. The zero-order valence-electron chi connectivity index (χ0n) is 16.0. The number of hydrogen-bond donors (Lipinski definition) is 1.